The van der Waals surface area contributed by atoms with Gasteiger partial charge in [0.25, 0.3) is 0 Å². The molecule has 3 rings (SSSR count). The average molecular weight is 262 g/mol. The van der Waals surface area contributed by atoms with Crippen LogP contribution in [0.15, 0.2) is 29.8 Å². The zero-order valence-corrected chi connectivity index (χ0v) is 11.2. The predicted octanol–water partition coefficient (Wildman–Crippen LogP) is 3.16. The number of Topliss-reactive ketones (excluding diaryl/α,β-unsaturated/α-hetero) is 1. The van der Waals surface area contributed by atoms with E-state index in [4.69, 9.17) is 11.6 Å². The maximum atomic E-state index is 12.2. The van der Waals surface area contributed by atoms with E-state index in [-0.39, 0.29) is 0 Å². The molecule has 1 aromatic rings. The van der Waals surface area contributed by atoms with Crippen molar-refractivity contribution in [3.63, 3.8) is 0 Å². The lowest BCUT2D eigenvalue weighted by atomic mass is 9.94. The molecule has 2 fully saturated rings. The van der Waals surface area contributed by atoms with E-state index in [1.165, 1.54) is 0 Å². The van der Waals surface area contributed by atoms with Crippen molar-refractivity contribution in [2.45, 2.75) is 31.3 Å². The average Bonchev–Trinajstić information content (AvgIpc) is 2.61. The molecule has 0 unspecified atom stereocenters. The van der Waals surface area contributed by atoms with Crippen LogP contribution in [-0.2, 0) is 4.79 Å². The standard InChI is InChI=1S/C15H16ClNO/c1-17-12-6-7-14(17)13(15(18)9-12)8-10-2-4-11(16)5-3-10/h2-5,8,12,14H,6-7,9H2,1H3/b13-8-/t12-,14-/m0/s1. The van der Waals surface area contributed by atoms with Gasteiger partial charge in [-0.2, -0.15) is 0 Å². The highest BCUT2D eigenvalue weighted by Gasteiger charge is 2.41. The summed E-state index contributed by atoms with van der Waals surface area (Å²) in [5.74, 6) is 0.315. The fourth-order valence-corrected chi connectivity index (χ4v) is 3.19. The summed E-state index contributed by atoms with van der Waals surface area (Å²) in [7, 11) is 2.13. The molecule has 0 saturated carbocycles. The highest BCUT2D eigenvalue weighted by Crippen LogP contribution is 2.36. The van der Waals surface area contributed by atoms with E-state index >= 15 is 0 Å². The van der Waals surface area contributed by atoms with Crippen molar-refractivity contribution >= 4 is 23.5 Å². The first-order valence-electron chi connectivity index (χ1n) is 6.37. The van der Waals surface area contributed by atoms with Crippen molar-refractivity contribution in [1.82, 2.24) is 4.90 Å². The van der Waals surface area contributed by atoms with Gasteiger partial charge in [0.1, 0.15) is 0 Å². The molecule has 2 atom stereocenters. The van der Waals surface area contributed by atoms with Crippen molar-refractivity contribution in [2.75, 3.05) is 7.05 Å². The summed E-state index contributed by atoms with van der Waals surface area (Å²) in [4.78, 5) is 14.5. The number of rotatable bonds is 1. The van der Waals surface area contributed by atoms with E-state index in [0.29, 0.717) is 24.3 Å². The molecule has 3 heteroatoms. The van der Waals surface area contributed by atoms with Gasteiger partial charge in [-0.3, -0.25) is 9.69 Å². The number of benzene rings is 1. The molecule has 0 amide bonds. The summed E-state index contributed by atoms with van der Waals surface area (Å²) >= 11 is 5.87. The molecule has 0 aliphatic carbocycles. The van der Waals surface area contributed by atoms with Crippen LogP contribution >= 0.6 is 11.6 Å². The summed E-state index contributed by atoms with van der Waals surface area (Å²) in [6.07, 6.45) is 4.95. The SMILES string of the molecule is CN1[C@H]2CC[C@H]1/C(=C/c1ccc(Cl)cc1)C(=O)C2. The molecule has 2 aliphatic rings. The molecule has 0 spiro atoms. The molecular formula is C15H16ClNO. The maximum Gasteiger partial charge on any atom is 0.162 e. The highest BCUT2D eigenvalue weighted by atomic mass is 35.5. The minimum atomic E-state index is 0.312. The topological polar surface area (TPSA) is 20.3 Å². The van der Waals surface area contributed by atoms with Crippen LogP contribution in [0.4, 0.5) is 0 Å². The highest BCUT2D eigenvalue weighted by molar-refractivity contribution is 6.30. The van der Waals surface area contributed by atoms with Gasteiger partial charge in [-0.25, -0.2) is 0 Å². The molecule has 0 aromatic heterocycles. The van der Waals surface area contributed by atoms with E-state index < -0.39 is 0 Å². The predicted molar refractivity (Wildman–Crippen MR) is 73.6 cm³/mol. The van der Waals surface area contributed by atoms with Gasteiger partial charge in [-0.1, -0.05) is 23.7 Å². The normalized spacial score (nSPS) is 30.1. The molecular weight excluding hydrogens is 246 g/mol. The minimum Gasteiger partial charge on any atom is -0.296 e. The van der Waals surface area contributed by atoms with Crippen molar-refractivity contribution < 1.29 is 4.79 Å². The molecule has 94 valence electrons. The first-order chi connectivity index (χ1) is 8.65. The molecule has 0 radical (unpaired) electrons. The third-order valence-corrected chi connectivity index (χ3v) is 4.39. The maximum absolute atomic E-state index is 12.2. The number of piperidine rings is 1. The van der Waals surface area contributed by atoms with Gasteiger partial charge >= 0.3 is 0 Å². The fourth-order valence-electron chi connectivity index (χ4n) is 3.07. The Bertz CT molecular complexity index is 506. The molecule has 2 saturated heterocycles. The van der Waals surface area contributed by atoms with Crippen LogP contribution in [0.1, 0.15) is 24.8 Å². The number of nitrogens with zero attached hydrogens (tertiary/aromatic N) is 1. The van der Waals surface area contributed by atoms with Crippen LogP contribution in [0.3, 0.4) is 0 Å². The minimum absolute atomic E-state index is 0.312. The van der Waals surface area contributed by atoms with Gasteiger partial charge < -0.3 is 0 Å². The Morgan fingerprint density at radius 1 is 1.28 bits per heavy atom. The van der Waals surface area contributed by atoms with Crippen molar-refractivity contribution in [3.05, 3.63) is 40.4 Å². The van der Waals surface area contributed by atoms with Crippen LogP contribution < -0.4 is 0 Å². The smallest absolute Gasteiger partial charge is 0.162 e. The summed E-state index contributed by atoms with van der Waals surface area (Å²) in [5.41, 5.74) is 2.02. The Morgan fingerprint density at radius 3 is 2.72 bits per heavy atom. The number of halogens is 1. The van der Waals surface area contributed by atoms with E-state index in [2.05, 4.69) is 11.9 Å². The third-order valence-electron chi connectivity index (χ3n) is 4.14. The Hall–Kier alpha value is -1.12. The van der Waals surface area contributed by atoms with Crippen LogP contribution in [-0.4, -0.2) is 29.8 Å². The fraction of sp³-hybridized carbons (Fsp3) is 0.400. The Kier molecular flexibility index (Phi) is 3.00. The summed E-state index contributed by atoms with van der Waals surface area (Å²) < 4.78 is 0. The number of ketones is 1. The second kappa shape index (κ2) is 4.52. The Balaban J connectivity index is 1.94. The van der Waals surface area contributed by atoms with E-state index in [0.717, 1.165) is 29.0 Å². The first kappa shape index (κ1) is 11.9. The van der Waals surface area contributed by atoms with Crippen LogP contribution in [0.5, 0.6) is 0 Å². The number of likely N-dealkylation sites (N-methyl/N-ethyl adjacent to an activating group) is 1. The molecule has 2 nitrogen and oxygen atoms in total. The van der Waals surface area contributed by atoms with Crippen molar-refractivity contribution in [2.24, 2.45) is 0 Å². The molecule has 18 heavy (non-hydrogen) atoms. The second-order valence-electron chi connectivity index (χ2n) is 5.19. The monoisotopic (exact) mass is 261 g/mol. The summed E-state index contributed by atoms with van der Waals surface area (Å²) in [5, 5.41) is 0.727. The summed E-state index contributed by atoms with van der Waals surface area (Å²) in [6.45, 7) is 0. The van der Waals surface area contributed by atoms with Crippen LogP contribution in [0, 0.1) is 0 Å². The second-order valence-corrected chi connectivity index (χ2v) is 5.63. The van der Waals surface area contributed by atoms with Gasteiger partial charge in [0.05, 0.1) is 0 Å². The number of fused-ring (bicyclic) bond motifs is 2. The zero-order chi connectivity index (χ0) is 12.7. The molecule has 1 aromatic carbocycles. The van der Waals surface area contributed by atoms with Crippen molar-refractivity contribution in [3.8, 4) is 0 Å². The number of carbonyl (C=O) groups is 1. The lowest BCUT2D eigenvalue weighted by Gasteiger charge is -2.32. The van der Waals surface area contributed by atoms with Gasteiger partial charge in [-0.05, 0) is 43.7 Å². The van der Waals surface area contributed by atoms with Gasteiger partial charge in [0.2, 0.25) is 0 Å². The van der Waals surface area contributed by atoms with E-state index in [1.54, 1.807) is 0 Å². The molecule has 2 heterocycles. The first-order valence-corrected chi connectivity index (χ1v) is 6.75. The lowest BCUT2D eigenvalue weighted by Crippen LogP contribution is -2.41. The number of hydrogen-bond acceptors (Lipinski definition) is 2. The largest absolute Gasteiger partial charge is 0.296 e. The third kappa shape index (κ3) is 2.00. The Labute approximate surface area is 112 Å². The quantitative estimate of drug-likeness (QED) is 0.724. The molecule has 2 bridgehead atoms. The Morgan fingerprint density at radius 2 is 2.00 bits per heavy atom. The lowest BCUT2D eigenvalue weighted by molar-refractivity contribution is -0.118. The van der Waals surface area contributed by atoms with Gasteiger partial charge in [0, 0.05) is 29.1 Å². The number of carbonyl (C=O) groups excluding carboxylic acids is 1. The summed E-state index contributed by atoms with van der Waals surface area (Å²) in [6, 6.07) is 8.43. The zero-order valence-electron chi connectivity index (χ0n) is 10.4. The van der Waals surface area contributed by atoms with Gasteiger partial charge in [0.15, 0.2) is 5.78 Å². The molecule has 2 aliphatic heterocycles. The van der Waals surface area contributed by atoms with E-state index in [1.807, 2.05) is 30.3 Å². The van der Waals surface area contributed by atoms with Gasteiger partial charge in [-0.15, -0.1) is 0 Å². The van der Waals surface area contributed by atoms with E-state index in [9.17, 15) is 4.79 Å². The number of hydrogen-bond donors (Lipinski definition) is 0. The van der Waals surface area contributed by atoms with Crippen molar-refractivity contribution in [1.29, 1.82) is 0 Å². The molecule has 0 N–H and O–H groups in total. The van der Waals surface area contributed by atoms with Crippen LogP contribution in [0.25, 0.3) is 6.08 Å². The van der Waals surface area contributed by atoms with Crippen LogP contribution in [0.2, 0.25) is 5.02 Å².